The second-order valence-electron chi connectivity index (χ2n) is 6.31. The zero-order chi connectivity index (χ0) is 17.3. The zero-order valence-electron chi connectivity index (χ0n) is 13.5. The molecule has 0 aromatic rings. The molecule has 8 heteroatoms. The second kappa shape index (κ2) is 7.54. The number of nitrogens with one attached hydrogen (secondary N) is 1. The molecule has 1 aliphatic carbocycles. The molecule has 0 saturated carbocycles. The Kier molecular flexibility index (Phi) is 6.15. The SMILES string of the molecule is COC1O[C@H](C)C(NC2C=C(CO)[C@@H](C)C(O)[C@H]2O)[C@H](O)C1O. The fraction of sp³-hybridized carbons (Fsp3) is 0.867. The topological polar surface area (TPSA) is 132 Å². The van der Waals surface area contributed by atoms with E-state index in [0.29, 0.717) is 5.57 Å². The third-order valence-corrected chi connectivity index (χ3v) is 4.86. The molecule has 1 saturated heterocycles. The van der Waals surface area contributed by atoms with Crippen LogP contribution in [0.1, 0.15) is 13.8 Å². The summed E-state index contributed by atoms with van der Waals surface area (Å²) < 4.78 is 10.5. The van der Waals surface area contributed by atoms with Gasteiger partial charge in [-0.15, -0.1) is 0 Å². The summed E-state index contributed by atoms with van der Waals surface area (Å²) >= 11 is 0. The molecule has 1 fully saturated rings. The highest BCUT2D eigenvalue weighted by Crippen LogP contribution is 2.28. The summed E-state index contributed by atoms with van der Waals surface area (Å²) in [7, 11) is 1.37. The van der Waals surface area contributed by atoms with E-state index >= 15 is 0 Å². The molecule has 1 aliphatic heterocycles. The summed E-state index contributed by atoms with van der Waals surface area (Å²) in [5.74, 6) is -0.360. The number of methoxy groups -OCH3 is 1. The molecule has 0 spiro atoms. The minimum Gasteiger partial charge on any atom is -0.392 e. The molecular weight excluding hydrogens is 306 g/mol. The van der Waals surface area contributed by atoms with Gasteiger partial charge in [-0.25, -0.2) is 0 Å². The van der Waals surface area contributed by atoms with Crippen molar-refractivity contribution in [2.45, 2.75) is 62.7 Å². The molecule has 0 amide bonds. The van der Waals surface area contributed by atoms with Crippen molar-refractivity contribution >= 4 is 0 Å². The van der Waals surface area contributed by atoms with Crippen molar-refractivity contribution in [1.82, 2.24) is 5.32 Å². The molecule has 8 nitrogen and oxygen atoms in total. The Hall–Kier alpha value is -0.580. The van der Waals surface area contributed by atoms with Crippen LogP contribution in [0, 0.1) is 5.92 Å². The predicted octanol–water partition coefficient (Wildman–Crippen LogP) is -2.28. The summed E-state index contributed by atoms with van der Waals surface area (Å²) in [4.78, 5) is 0. The van der Waals surface area contributed by atoms with Crippen LogP contribution in [0.25, 0.3) is 0 Å². The Morgan fingerprint density at radius 3 is 2.30 bits per heavy atom. The van der Waals surface area contributed by atoms with Crippen LogP contribution >= 0.6 is 0 Å². The molecule has 0 aromatic carbocycles. The van der Waals surface area contributed by atoms with Crippen molar-refractivity contribution in [3.63, 3.8) is 0 Å². The maximum Gasteiger partial charge on any atom is 0.186 e. The molecule has 5 unspecified atom stereocenters. The minimum atomic E-state index is -1.24. The highest BCUT2D eigenvalue weighted by Gasteiger charge is 2.45. The van der Waals surface area contributed by atoms with Gasteiger partial charge >= 0.3 is 0 Å². The van der Waals surface area contributed by atoms with Crippen LogP contribution in [0.15, 0.2) is 11.6 Å². The highest BCUT2D eigenvalue weighted by molar-refractivity contribution is 5.20. The lowest BCUT2D eigenvalue weighted by Gasteiger charge is -2.44. The summed E-state index contributed by atoms with van der Waals surface area (Å²) in [6.45, 7) is 3.21. The highest BCUT2D eigenvalue weighted by atomic mass is 16.7. The van der Waals surface area contributed by atoms with Crippen LogP contribution in [-0.2, 0) is 9.47 Å². The van der Waals surface area contributed by atoms with Crippen molar-refractivity contribution in [2.75, 3.05) is 13.7 Å². The van der Waals surface area contributed by atoms with Crippen LogP contribution in [0.2, 0.25) is 0 Å². The zero-order valence-corrected chi connectivity index (χ0v) is 13.5. The van der Waals surface area contributed by atoms with Gasteiger partial charge in [0, 0.05) is 13.0 Å². The Morgan fingerprint density at radius 2 is 1.74 bits per heavy atom. The maximum atomic E-state index is 10.3. The molecule has 134 valence electrons. The lowest BCUT2D eigenvalue weighted by Crippen LogP contribution is -2.66. The van der Waals surface area contributed by atoms with Crippen molar-refractivity contribution in [3.8, 4) is 0 Å². The average molecular weight is 333 g/mol. The summed E-state index contributed by atoms with van der Waals surface area (Å²) in [5, 5.41) is 53.0. The van der Waals surface area contributed by atoms with Crippen molar-refractivity contribution in [3.05, 3.63) is 11.6 Å². The van der Waals surface area contributed by atoms with E-state index in [-0.39, 0.29) is 12.5 Å². The molecular formula is C15H27NO7. The molecule has 9 atom stereocenters. The number of aliphatic hydroxyl groups is 5. The molecule has 23 heavy (non-hydrogen) atoms. The Morgan fingerprint density at radius 1 is 1.09 bits per heavy atom. The molecule has 6 N–H and O–H groups in total. The average Bonchev–Trinajstić information content (AvgIpc) is 2.54. The van der Waals surface area contributed by atoms with E-state index in [1.54, 1.807) is 19.9 Å². The van der Waals surface area contributed by atoms with Gasteiger partial charge in [0.05, 0.1) is 37.0 Å². The summed E-state index contributed by atoms with van der Waals surface area (Å²) in [5.41, 5.74) is 0.606. The third kappa shape index (κ3) is 3.59. The van der Waals surface area contributed by atoms with Crippen LogP contribution in [0.4, 0.5) is 0 Å². The largest absolute Gasteiger partial charge is 0.392 e. The minimum absolute atomic E-state index is 0.225. The lowest BCUT2D eigenvalue weighted by atomic mass is 9.81. The molecule has 0 radical (unpaired) electrons. The number of aliphatic hydroxyl groups excluding tert-OH is 5. The van der Waals surface area contributed by atoms with Crippen molar-refractivity contribution < 1.29 is 35.0 Å². The van der Waals surface area contributed by atoms with Crippen LogP contribution in [0.5, 0.6) is 0 Å². The van der Waals surface area contributed by atoms with E-state index in [0.717, 1.165) is 0 Å². The Bertz CT molecular complexity index is 432. The summed E-state index contributed by atoms with van der Waals surface area (Å²) in [6, 6.07) is -1.35. The van der Waals surface area contributed by atoms with Gasteiger partial charge in [-0.2, -0.15) is 0 Å². The smallest absolute Gasteiger partial charge is 0.186 e. The van der Waals surface area contributed by atoms with Gasteiger partial charge in [0.15, 0.2) is 6.29 Å². The Labute approximate surface area is 135 Å². The van der Waals surface area contributed by atoms with E-state index < -0.39 is 48.9 Å². The molecule has 0 aromatic heterocycles. The van der Waals surface area contributed by atoms with Crippen molar-refractivity contribution in [1.29, 1.82) is 0 Å². The normalized spacial score (nSPS) is 48.2. The molecule has 1 heterocycles. The standard InChI is InChI=1S/C15H27NO7/c1-6-8(5-17)4-9(12(19)11(6)18)16-10-7(2)23-15(22-3)14(21)13(10)20/h4,6-7,9-21H,5H2,1-3H3/t6-,7-,9?,10?,11?,12+,13+,14?,15?/m1/s1. The van der Waals surface area contributed by atoms with Crippen LogP contribution < -0.4 is 5.32 Å². The van der Waals surface area contributed by atoms with E-state index in [2.05, 4.69) is 5.32 Å². The van der Waals surface area contributed by atoms with E-state index in [4.69, 9.17) is 9.47 Å². The van der Waals surface area contributed by atoms with Gasteiger partial charge in [-0.05, 0) is 12.5 Å². The lowest BCUT2D eigenvalue weighted by molar-refractivity contribution is -0.265. The van der Waals surface area contributed by atoms with Crippen LogP contribution in [0.3, 0.4) is 0 Å². The van der Waals surface area contributed by atoms with Gasteiger partial charge in [0.25, 0.3) is 0 Å². The van der Waals surface area contributed by atoms with Gasteiger partial charge in [-0.3, -0.25) is 0 Å². The van der Waals surface area contributed by atoms with E-state index in [1.165, 1.54) is 7.11 Å². The molecule has 0 bridgehead atoms. The Balaban J connectivity index is 2.15. The van der Waals surface area contributed by atoms with Gasteiger partial charge in [0.2, 0.25) is 0 Å². The maximum absolute atomic E-state index is 10.3. The first-order valence-electron chi connectivity index (χ1n) is 7.79. The number of hydrogen-bond donors (Lipinski definition) is 6. The van der Waals surface area contributed by atoms with Crippen molar-refractivity contribution in [2.24, 2.45) is 5.92 Å². The number of hydrogen-bond acceptors (Lipinski definition) is 8. The quantitative estimate of drug-likeness (QED) is 0.317. The number of ether oxygens (including phenoxy) is 2. The fourth-order valence-corrected chi connectivity index (χ4v) is 3.23. The van der Waals surface area contributed by atoms with Crippen LogP contribution in [-0.4, -0.2) is 88.1 Å². The van der Waals surface area contributed by atoms with E-state index in [1.807, 2.05) is 0 Å². The first-order valence-corrected chi connectivity index (χ1v) is 7.79. The number of rotatable bonds is 4. The molecule has 2 aliphatic rings. The van der Waals surface area contributed by atoms with Gasteiger partial charge < -0.3 is 40.3 Å². The van der Waals surface area contributed by atoms with Gasteiger partial charge in [-0.1, -0.05) is 13.0 Å². The third-order valence-electron chi connectivity index (χ3n) is 4.86. The first-order chi connectivity index (χ1) is 10.8. The first kappa shape index (κ1) is 18.8. The van der Waals surface area contributed by atoms with E-state index in [9.17, 15) is 25.5 Å². The molecule has 2 rings (SSSR count). The second-order valence-corrected chi connectivity index (χ2v) is 6.31. The predicted molar refractivity (Wildman–Crippen MR) is 80.4 cm³/mol. The monoisotopic (exact) mass is 333 g/mol. The van der Waals surface area contributed by atoms with Gasteiger partial charge in [0.1, 0.15) is 12.2 Å². The fourth-order valence-electron chi connectivity index (χ4n) is 3.23. The summed E-state index contributed by atoms with van der Waals surface area (Å²) in [6.07, 6.45) is -4.31.